The standard InChI is InChI=1S/C31H29Cl5N4O3/c1-18(29(20-4-6-21(32)7-5-20)38-27-11-9-23(34)16-26(27)36)28(37)30(41)39-40-13-2-3-19(17-40)12-14-43-31(42)24-10-8-22(33)15-25(24)35/h4-11,15-16,18-19,37H,2-3,12-14,17H2,1H3,(H,39,41). The van der Waals surface area contributed by atoms with E-state index in [-0.39, 0.29) is 28.8 Å². The van der Waals surface area contributed by atoms with E-state index < -0.39 is 17.8 Å². The molecule has 1 saturated heterocycles. The number of esters is 1. The molecular formula is C31H29Cl5N4O3. The Bertz CT molecular complexity index is 1530. The molecule has 0 saturated carbocycles. The Morgan fingerprint density at radius 3 is 2.30 bits per heavy atom. The number of hydrazine groups is 1. The summed E-state index contributed by atoms with van der Waals surface area (Å²) in [6.45, 7) is 3.17. The van der Waals surface area contributed by atoms with E-state index in [1.165, 1.54) is 12.1 Å². The Morgan fingerprint density at radius 1 is 0.977 bits per heavy atom. The first kappa shape index (κ1) is 33.2. The van der Waals surface area contributed by atoms with Crippen molar-refractivity contribution in [3.63, 3.8) is 0 Å². The van der Waals surface area contributed by atoms with Crippen LogP contribution in [-0.2, 0) is 9.53 Å². The van der Waals surface area contributed by atoms with Crippen molar-refractivity contribution in [2.45, 2.75) is 26.2 Å². The summed E-state index contributed by atoms with van der Waals surface area (Å²) >= 11 is 30.5. The van der Waals surface area contributed by atoms with Crippen molar-refractivity contribution in [3.8, 4) is 0 Å². The quantitative estimate of drug-likeness (QED) is 0.165. The molecule has 226 valence electrons. The number of piperidine rings is 1. The second-order valence-electron chi connectivity index (χ2n) is 10.2. The third kappa shape index (κ3) is 9.17. The molecular weight excluding hydrogens is 654 g/mol. The summed E-state index contributed by atoms with van der Waals surface area (Å²) in [4.78, 5) is 30.4. The van der Waals surface area contributed by atoms with Crippen LogP contribution in [0.4, 0.5) is 5.69 Å². The zero-order valence-corrected chi connectivity index (χ0v) is 27.0. The maximum Gasteiger partial charge on any atom is 0.339 e. The average Bonchev–Trinajstić information content (AvgIpc) is 2.97. The molecule has 1 heterocycles. The molecule has 3 aromatic rings. The number of carbonyl (C=O) groups is 2. The summed E-state index contributed by atoms with van der Waals surface area (Å²) in [5.41, 5.74) is 4.64. The van der Waals surface area contributed by atoms with Crippen LogP contribution in [0.2, 0.25) is 25.1 Å². The minimum atomic E-state index is -0.674. The zero-order chi connectivity index (χ0) is 31.1. The summed E-state index contributed by atoms with van der Waals surface area (Å²) in [6.07, 6.45) is 2.39. The number of carbonyl (C=O) groups excluding carboxylic acids is 2. The Kier molecular flexibility index (Phi) is 11.9. The number of aliphatic imine (C=N–C) groups is 1. The summed E-state index contributed by atoms with van der Waals surface area (Å²) in [5, 5.41) is 12.6. The molecule has 0 aromatic heterocycles. The number of amides is 1. The molecule has 2 atom stereocenters. The molecule has 7 nitrogen and oxygen atoms in total. The maximum atomic E-state index is 13.2. The molecule has 0 spiro atoms. The Labute approximate surface area is 275 Å². The van der Waals surface area contributed by atoms with Gasteiger partial charge in [-0.25, -0.2) is 9.80 Å². The summed E-state index contributed by atoms with van der Waals surface area (Å²) in [7, 11) is 0. The van der Waals surface area contributed by atoms with E-state index >= 15 is 0 Å². The van der Waals surface area contributed by atoms with Crippen LogP contribution in [-0.4, -0.2) is 48.0 Å². The number of nitrogens with one attached hydrogen (secondary N) is 2. The number of benzene rings is 3. The Morgan fingerprint density at radius 2 is 1.63 bits per heavy atom. The van der Waals surface area contributed by atoms with Gasteiger partial charge in [-0.2, -0.15) is 0 Å². The van der Waals surface area contributed by atoms with Crippen molar-refractivity contribution in [2.24, 2.45) is 16.8 Å². The predicted octanol–water partition coefficient (Wildman–Crippen LogP) is 8.72. The van der Waals surface area contributed by atoms with Crippen LogP contribution in [0.25, 0.3) is 0 Å². The van der Waals surface area contributed by atoms with Gasteiger partial charge in [-0.3, -0.25) is 20.6 Å². The number of halogens is 5. The lowest BCUT2D eigenvalue weighted by Crippen LogP contribution is -2.51. The van der Waals surface area contributed by atoms with Gasteiger partial charge in [0.2, 0.25) is 0 Å². The molecule has 1 aliphatic heterocycles. The highest BCUT2D eigenvalue weighted by Gasteiger charge is 2.27. The van der Waals surface area contributed by atoms with Crippen molar-refractivity contribution < 1.29 is 14.3 Å². The minimum absolute atomic E-state index is 0.158. The zero-order valence-electron chi connectivity index (χ0n) is 23.2. The molecule has 2 N–H and O–H groups in total. The number of hydrogen-bond donors (Lipinski definition) is 2. The largest absolute Gasteiger partial charge is 0.462 e. The first-order valence-electron chi connectivity index (χ1n) is 13.6. The van der Waals surface area contributed by atoms with Gasteiger partial charge >= 0.3 is 5.97 Å². The highest BCUT2D eigenvalue weighted by Crippen LogP contribution is 2.30. The van der Waals surface area contributed by atoms with Gasteiger partial charge in [-0.1, -0.05) is 77.1 Å². The molecule has 0 radical (unpaired) electrons. The van der Waals surface area contributed by atoms with Crippen molar-refractivity contribution >= 4 is 87.0 Å². The van der Waals surface area contributed by atoms with Gasteiger partial charge in [0, 0.05) is 34.1 Å². The summed E-state index contributed by atoms with van der Waals surface area (Å²) < 4.78 is 5.43. The fourth-order valence-electron chi connectivity index (χ4n) is 4.72. The predicted molar refractivity (Wildman–Crippen MR) is 175 cm³/mol. The lowest BCUT2D eigenvalue weighted by Gasteiger charge is -2.33. The molecule has 0 aliphatic carbocycles. The topological polar surface area (TPSA) is 94.9 Å². The van der Waals surface area contributed by atoms with Crippen LogP contribution in [0.3, 0.4) is 0 Å². The lowest BCUT2D eigenvalue weighted by atomic mass is 9.93. The lowest BCUT2D eigenvalue weighted by molar-refractivity contribution is -0.120. The fourth-order valence-corrected chi connectivity index (χ4v) is 5.79. The van der Waals surface area contributed by atoms with Crippen molar-refractivity contribution in [3.05, 3.63) is 96.9 Å². The fraction of sp³-hybridized carbons (Fsp3) is 0.290. The highest BCUT2D eigenvalue weighted by molar-refractivity contribution is 6.43. The second kappa shape index (κ2) is 15.4. The van der Waals surface area contributed by atoms with E-state index in [1.54, 1.807) is 55.5 Å². The van der Waals surface area contributed by atoms with E-state index in [0.717, 1.165) is 12.8 Å². The van der Waals surface area contributed by atoms with Crippen LogP contribution in [0.5, 0.6) is 0 Å². The van der Waals surface area contributed by atoms with E-state index in [1.807, 2.05) is 5.01 Å². The molecule has 0 bridgehead atoms. The molecule has 2 unspecified atom stereocenters. The van der Waals surface area contributed by atoms with Gasteiger partial charge in [-0.15, -0.1) is 0 Å². The smallest absolute Gasteiger partial charge is 0.339 e. The Balaban J connectivity index is 1.38. The third-order valence-corrected chi connectivity index (χ3v) is 8.40. The number of ether oxygens (including phenoxy) is 1. The average molecular weight is 683 g/mol. The maximum absolute atomic E-state index is 13.2. The van der Waals surface area contributed by atoms with Crippen LogP contribution < -0.4 is 5.43 Å². The SMILES string of the molecule is CC(C(=N)C(=O)NN1CCCC(CCOC(=O)c2ccc(Cl)cc2Cl)C1)C(=Nc1ccc(Cl)cc1Cl)c1ccc(Cl)cc1. The van der Waals surface area contributed by atoms with Gasteiger partial charge < -0.3 is 4.74 Å². The molecule has 1 aliphatic rings. The number of rotatable bonds is 10. The van der Waals surface area contributed by atoms with Crippen LogP contribution in [0, 0.1) is 17.2 Å². The molecule has 1 amide bonds. The minimum Gasteiger partial charge on any atom is -0.462 e. The molecule has 12 heteroatoms. The highest BCUT2D eigenvalue weighted by atomic mass is 35.5. The first-order chi connectivity index (χ1) is 20.5. The monoisotopic (exact) mass is 680 g/mol. The van der Waals surface area contributed by atoms with Crippen LogP contribution >= 0.6 is 58.0 Å². The van der Waals surface area contributed by atoms with Crippen LogP contribution in [0.15, 0.2) is 65.7 Å². The van der Waals surface area contributed by atoms with Gasteiger partial charge in [0.15, 0.2) is 0 Å². The first-order valence-corrected chi connectivity index (χ1v) is 15.5. The van der Waals surface area contributed by atoms with Gasteiger partial charge in [0.25, 0.3) is 5.91 Å². The van der Waals surface area contributed by atoms with Crippen molar-refractivity contribution in [2.75, 3.05) is 19.7 Å². The van der Waals surface area contributed by atoms with Crippen LogP contribution in [0.1, 0.15) is 42.1 Å². The molecule has 43 heavy (non-hydrogen) atoms. The number of hydrogen-bond acceptors (Lipinski definition) is 6. The second-order valence-corrected chi connectivity index (χ2v) is 12.3. The van der Waals surface area contributed by atoms with Crippen molar-refractivity contribution in [1.29, 1.82) is 5.41 Å². The van der Waals surface area contributed by atoms with E-state index in [4.69, 9.17) is 73.1 Å². The van der Waals surface area contributed by atoms with Gasteiger partial charge in [0.05, 0.1) is 33.6 Å². The van der Waals surface area contributed by atoms with E-state index in [9.17, 15) is 9.59 Å². The van der Waals surface area contributed by atoms with Crippen molar-refractivity contribution in [1.82, 2.24) is 10.4 Å². The van der Waals surface area contributed by atoms with Gasteiger partial charge in [-0.05, 0) is 79.3 Å². The summed E-state index contributed by atoms with van der Waals surface area (Å²) in [6, 6.07) is 16.6. The van der Waals surface area contributed by atoms with Gasteiger partial charge in [0.1, 0.15) is 5.71 Å². The normalized spacial score (nSPS) is 16.4. The number of nitrogens with zero attached hydrogens (tertiary/aromatic N) is 2. The third-order valence-electron chi connectivity index (χ3n) is 7.07. The summed E-state index contributed by atoms with van der Waals surface area (Å²) in [5.74, 6) is -1.52. The van der Waals surface area contributed by atoms with E-state index in [0.29, 0.717) is 56.6 Å². The molecule has 1 fully saturated rings. The van der Waals surface area contributed by atoms with E-state index in [2.05, 4.69) is 5.43 Å². The Hall–Kier alpha value is -2.65. The molecule has 3 aromatic carbocycles. The molecule has 4 rings (SSSR count).